The van der Waals surface area contributed by atoms with Crippen LogP contribution in [0.2, 0.25) is 0 Å². The molecule has 5 rings (SSSR count). The lowest BCUT2D eigenvalue weighted by Gasteiger charge is -2.32. The molecule has 0 unspecified atom stereocenters. The molecule has 0 spiro atoms. The van der Waals surface area contributed by atoms with Gasteiger partial charge in [-0.1, -0.05) is 24.1 Å². The molecule has 1 atom stereocenters. The second-order valence-corrected chi connectivity index (χ2v) is 7.81. The van der Waals surface area contributed by atoms with Gasteiger partial charge < -0.3 is 19.1 Å². The highest BCUT2D eigenvalue weighted by molar-refractivity contribution is 5.86. The highest BCUT2D eigenvalue weighted by Crippen LogP contribution is 2.39. The topological polar surface area (TPSA) is 108 Å². The monoisotopic (exact) mass is 430 g/mol. The quantitative estimate of drug-likeness (QED) is 0.383. The number of rotatable bonds is 2. The second kappa shape index (κ2) is 7.32. The standard InChI is InChI=1S/C24H18N2O6/c1-14(27)31-9-5-4-8-24(30)18-11-20-21-16(10-15-6-2-3-7-19(15)25-21)12-26(20)22(28)17(18)13-32-23(24)29/h2-3,6-7,10-11,30H,4,8,12-13H2,1H3/t24-/m0/s1. The Morgan fingerprint density at radius 3 is 2.94 bits per heavy atom. The molecule has 160 valence electrons. The van der Waals surface area contributed by atoms with Crippen molar-refractivity contribution in [1.82, 2.24) is 9.55 Å². The third-order valence-corrected chi connectivity index (χ3v) is 5.78. The Bertz CT molecular complexity index is 1430. The summed E-state index contributed by atoms with van der Waals surface area (Å²) >= 11 is 0. The summed E-state index contributed by atoms with van der Waals surface area (Å²) in [6, 6.07) is 11.3. The van der Waals surface area contributed by atoms with Gasteiger partial charge in [0.25, 0.3) is 5.56 Å². The minimum Gasteiger partial charge on any atom is -0.458 e. The SMILES string of the molecule is CC(=O)OC#CCC[C@@]1(O)C(=O)OCc2c1cc1n(c2=O)Cc2cc3ccccc3nc2-1. The molecule has 8 heteroatoms. The van der Waals surface area contributed by atoms with E-state index in [1.165, 1.54) is 6.92 Å². The molecular formula is C24H18N2O6. The first-order valence-electron chi connectivity index (χ1n) is 10.1. The minimum absolute atomic E-state index is 0.0518. The molecule has 2 aliphatic rings. The van der Waals surface area contributed by atoms with E-state index in [0.29, 0.717) is 17.9 Å². The number of hydrogen-bond acceptors (Lipinski definition) is 7. The van der Waals surface area contributed by atoms with Gasteiger partial charge in [-0.15, -0.1) is 0 Å². The van der Waals surface area contributed by atoms with Gasteiger partial charge in [-0.05, 0) is 18.2 Å². The van der Waals surface area contributed by atoms with Crippen molar-refractivity contribution in [3.05, 3.63) is 63.4 Å². The number of para-hydroxylation sites is 1. The summed E-state index contributed by atoms with van der Waals surface area (Å²) in [4.78, 5) is 41.4. The van der Waals surface area contributed by atoms with Crippen LogP contribution in [0, 0.1) is 12.0 Å². The van der Waals surface area contributed by atoms with E-state index in [1.807, 2.05) is 30.3 Å². The van der Waals surface area contributed by atoms with E-state index >= 15 is 0 Å². The number of aromatic nitrogens is 2. The predicted molar refractivity (Wildman–Crippen MR) is 113 cm³/mol. The molecule has 0 aliphatic carbocycles. The van der Waals surface area contributed by atoms with Crippen LogP contribution in [0.25, 0.3) is 22.3 Å². The Morgan fingerprint density at radius 2 is 2.12 bits per heavy atom. The maximum Gasteiger partial charge on any atom is 0.343 e. The molecule has 1 N–H and O–H groups in total. The first-order valence-corrected chi connectivity index (χ1v) is 10.1. The lowest BCUT2D eigenvalue weighted by atomic mass is 9.84. The smallest absolute Gasteiger partial charge is 0.343 e. The molecule has 0 saturated heterocycles. The number of esters is 2. The van der Waals surface area contributed by atoms with Gasteiger partial charge >= 0.3 is 11.9 Å². The second-order valence-electron chi connectivity index (χ2n) is 7.81. The van der Waals surface area contributed by atoms with Crippen LogP contribution in [0.1, 0.15) is 36.5 Å². The van der Waals surface area contributed by atoms with Gasteiger partial charge in [0, 0.05) is 36.3 Å². The Labute approximate surface area is 182 Å². The van der Waals surface area contributed by atoms with Crippen molar-refractivity contribution in [1.29, 1.82) is 0 Å². The van der Waals surface area contributed by atoms with Crippen LogP contribution >= 0.6 is 0 Å². The van der Waals surface area contributed by atoms with Gasteiger partial charge in [0.2, 0.25) is 0 Å². The summed E-state index contributed by atoms with van der Waals surface area (Å²) in [6.07, 6.45) is 2.16. The summed E-state index contributed by atoms with van der Waals surface area (Å²) in [7, 11) is 0. The number of aliphatic hydroxyl groups is 1. The minimum atomic E-state index is -2.03. The summed E-state index contributed by atoms with van der Waals surface area (Å²) in [5, 5.41) is 12.2. The number of cyclic esters (lactones) is 1. The summed E-state index contributed by atoms with van der Waals surface area (Å²) in [6.45, 7) is 1.37. The molecule has 0 fully saturated rings. The normalized spacial score (nSPS) is 18.1. The molecule has 32 heavy (non-hydrogen) atoms. The Kier molecular flexibility index (Phi) is 4.57. The molecule has 4 heterocycles. The summed E-state index contributed by atoms with van der Waals surface area (Å²) in [5.41, 5.74) is 0.978. The fraction of sp³-hybridized carbons (Fsp3) is 0.250. The van der Waals surface area contributed by atoms with E-state index in [4.69, 9.17) is 9.72 Å². The highest BCUT2D eigenvalue weighted by Gasteiger charge is 2.46. The molecule has 1 aromatic carbocycles. The van der Waals surface area contributed by atoms with Gasteiger partial charge in [-0.3, -0.25) is 9.59 Å². The number of carbonyl (C=O) groups is 2. The predicted octanol–water partition coefficient (Wildman–Crippen LogP) is 1.97. The molecule has 0 bridgehead atoms. The molecule has 0 saturated carbocycles. The lowest BCUT2D eigenvalue weighted by Crippen LogP contribution is -2.44. The zero-order valence-electron chi connectivity index (χ0n) is 17.2. The maximum atomic E-state index is 13.3. The van der Waals surface area contributed by atoms with Crippen LogP contribution < -0.4 is 5.56 Å². The molecule has 2 aromatic heterocycles. The van der Waals surface area contributed by atoms with E-state index in [0.717, 1.165) is 16.5 Å². The van der Waals surface area contributed by atoms with Crippen molar-refractivity contribution in [2.75, 3.05) is 0 Å². The van der Waals surface area contributed by atoms with Crippen LogP contribution in [0.3, 0.4) is 0 Å². The first kappa shape index (κ1) is 20.0. The Morgan fingerprint density at radius 1 is 1.31 bits per heavy atom. The average Bonchev–Trinajstić information content (AvgIpc) is 3.13. The molecule has 0 amide bonds. The van der Waals surface area contributed by atoms with Crippen LogP contribution in [0.4, 0.5) is 0 Å². The maximum absolute atomic E-state index is 13.3. The largest absolute Gasteiger partial charge is 0.458 e. The van der Waals surface area contributed by atoms with Crippen molar-refractivity contribution in [3.63, 3.8) is 0 Å². The summed E-state index contributed by atoms with van der Waals surface area (Å²) < 4.78 is 11.3. The van der Waals surface area contributed by atoms with Crippen molar-refractivity contribution < 1.29 is 24.2 Å². The molecule has 3 aromatic rings. The average molecular weight is 430 g/mol. The molecule has 8 nitrogen and oxygen atoms in total. The zero-order valence-corrected chi connectivity index (χ0v) is 17.2. The number of fused-ring (bicyclic) bond motifs is 5. The van der Waals surface area contributed by atoms with Crippen molar-refractivity contribution in [2.45, 2.75) is 38.5 Å². The number of hydrogen-bond donors (Lipinski definition) is 1. The summed E-state index contributed by atoms with van der Waals surface area (Å²) in [5.74, 6) is 1.19. The van der Waals surface area contributed by atoms with E-state index in [-0.39, 0.29) is 36.1 Å². The zero-order chi connectivity index (χ0) is 22.5. The van der Waals surface area contributed by atoms with E-state index in [2.05, 4.69) is 16.8 Å². The molecular weight excluding hydrogens is 412 g/mol. The van der Waals surface area contributed by atoms with Gasteiger partial charge in [0.15, 0.2) is 5.60 Å². The van der Waals surface area contributed by atoms with E-state index < -0.39 is 17.5 Å². The van der Waals surface area contributed by atoms with Gasteiger partial charge in [0.05, 0.1) is 29.0 Å². The Balaban J connectivity index is 1.60. The Hall–Kier alpha value is -3.96. The van der Waals surface area contributed by atoms with E-state index in [1.54, 1.807) is 10.6 Å². The number of pyridine rings is 2. The van der Waals surface area contributed by atoms with Gasteiger partial charge in [0.1, 0.15) is 12.7 Å². The van der Waals surface area contributed by atoms with Crippen LogP contribution in [-0.4, -0.2) is 26.6 Å². The van der Waals surface area contributed by atoms with Crippen molar-refractivity contribution in [2.24, 2.45) is 0 Å². The number of carbonyl (C=O) groups excluding carboxylic acids is 2. The van der Waals surface area contributed by atoms with Crippen molar-refractivity contribution >= 4 is 22.8 Å². The van der Waals surface area contributed by atoms with Crippen LogP contribution in [0.5, 0.6) is 0 Å². The van der Waals surface area contributed by atoms with Crippen LogP contribution in [0.15, 0.2) is 41.2 Å². The van der Waals surface area contributed by atoms with E-state index in [9.17, 15) is 19.5 Å². The lowest BCUT2D eigenvalue weighted by molar-refractivity contribution is -0.172. The number of nitrogens with zero attached hydrogens (tertiary/aromatic N) is 2. The molecule has 0 radical (unpaired) electrons. The third kappa shape index (κ3) is 3.06. The highest BCUT2D eigenvalue weighted by atomic mass is 16.6. The number of benzene rings is 1. The third-order valence-electron chi connectivity index (χ3n) is 5.78. The van der Waals surface area contributed by atoms with Gasteiger partial charge in [-0.2, -0.15) is 0 Å². The van der Waals surface area contributed by atoms with Crippen LogP contribution in [-0.2, 0) is 37.8 Å². The fourth-order valence-corrected chi connectivity index (χ4v) is 4.23. The fourth-order valence-electron chi connectivity index (χ4n) is 4.23. The first-order chi connectivity index (χ1) is 15.4. The van der Waals surface area contributed by atoms with Crippen molar-refractivity contribution in [3.8, 4) is 23.4 Å². The van der Waals surface area contributed by atoms with Gasteiger partial charge in [-0.25, -0.2) is 9.78 Å². The molecule has 2 aliphatic heterocycles. The number of ether oxygens (including phenoxy) is 2.